The minimum absolute atomic E-state index is 0.0630. The molecule has 0 saturated carbocycles. The predicted octanol–water partition coefficient (Wildman–Crippen LogP) is 3.13. The van der Waals surface area contributed by atoms with Gasteiger partial charge in [0.15, 0.2) is 0 Å². The van der Waals surface area contributed by atoms with Gasteiger partial charge in [-0.1, -0.05) is 18.2 Å². The van der Waals surface area contributed by atoms with Crippen LogP contribution in [0.3, 0.4) is 0 Å². The molecule has 1 aromatic carbocycles. The average molecular weight is 287 g/mol. The Labute approximate surface area is 122 Å². The van der Waals surface area contributed by atoms with Gasteiger partial charge in [-0.15, -0.1) is 11.3 Å². The number of thiophene rings is 1. The van der Waals surface area contributed by atoms with Gasteiger partial charge in [0.2, 0.25) is 5.91 Å². The molecule has 1 aromatic heterocycles. The summed E-state index contributed by atoms with van der Waals surface area (Å²) < 4.78 is 5.10. The highest BCUT2D eigenvalue weighted by molar-refractivity contribution is 7.10. The van der Waals surface area contributed by atoms with Crippen molar-refractivity contribution in [1.82, 2.24) is 5.32 Å². The first kappa shape index (κ1) is 14.3. The monoisotopic (exact) mass is 287 g/mol. The number of nitrogens with one attached hydrogen (secondary N) is 1. The smallest absolute Gasteiger partial charge is 0.244 e. The summed E-state index contributed by atoms with van der Waals surface area (Å²) in [5, 5.41) is 4.86. The van der Waals surface area contributed by atoms with Gasteiger partial charge in [0.25, 0.3) is 0 Å². The molecule has 0 atom stereocenters. The van der Waals surface area contributed by atoms with E-state index < -0.39 is 0 Å². The molecule has 2 rings (SSSR count). The summed E-state index contributed by atoms with van der Waals surface area (Å²) in [6.07, 6.45) is 4.20. The lowest BCUT2D eigenvalue weighted by molar-refractivity contribution is -0.116. The van der Waals surface area contributed by atoms with Crippen molar-refractivity contribution in [2.24, 2.45) is 0 Å². The quantitative estimate of drug-likeness (QED) is 0.829. The molecule has 1 N–H and O–H groups in total. The van der Waals surface area contributed by atoms with Gasteiger partial charge < -0.3 is 10.1 Å². The fourth-order valence-corrected chi connectivity index (χ4v) is 2.34. The number of amides is 1. The van der Waals surface area contributed by atoms with Crippen LogP contribution in [0, 0.1) is 0 Å². The van der Waals surface area contributed by atoms with Crippen molar-refractivity contribution >= 4 is 23.3 Å². The van der Waals surface area contributed by atoms with Crippen LogP contribution >= 0.6 is 11.3 Å². The van der Waals surface area contributed by atoms with Gasteiger partial charge >= 0.3 is 0 Å². The summed E-state index contributed by atoms with van der Waals surface area (Å²) in [5.74, 6) is 0.781. The Morgan fingerprint density at radius 2 is 2.10 bits per heavy atom. The van der Waals surface area contributed by atoms with Crippen molar-refractivity contribution in [3.05, 3.63) is 58.3 Å². The molecule has 0 fully saturated rings. The zero-order chi connectivity index (χ0) is 14.2. The molecule has 1 amide bonds. The maximum absolute atomic E-state index is 11.6. The molecule has 0 aliphatic heterocycles. The molecule has 2 aromatic rings. The van der Waals surface area contributed by atoms with Crippen molar-refractivity contribution in [2.75, 3.05) is 13.7 Å². The standard InChI is InChI=1S/C16H17NO2S/c1-19-14-6-4-13(5-7-14)10-11-17-16(18)9-8-15-3-2-12-20-15/h2-9,12H,10-11H2,1H3,(H,17,18). The van der Waals surface area contributed by atoms with Gasteiger partial charge in [-0.05, 0) is 41.6 Å². The molecule has 0 radical (unpaired) electrons. The van der Waals surface area contributed by atoms with E-state index >= 15 is 0 Å². The summed E-state index contributed by atoms with van der Waals surface area (Å²) in [4.78, 5) is 12.7. The highest BCUT2D eigenvalue weighted by Crippen LogP contribution is 2.11. The van der Waals surface area contributed by atoms with E-state index in [0.717, 1.165) is 17.0 Å². The molecule has 3 nitrogen and oxygen atoms in total. The second-order valence-electron chi connectivity index (χ2n) is 4.24. The first-order chi connectivity index (χ1) is 9.78. The van der Waals surface area contributed by atoms with Gasteiger partial charge in [0.05, 0.1) is 7.11 Å². The summed E-state index contributed by atoms with van der Waals surface area (Å²) in [6.45, 7) is 0.625. The minimum Gasteiger partial charge on any atom is -0.497 e. The predicted molar refractivity (Wildman–Crippen MR) is 83.1 cm³/mol. The topological polar surface area (TPSA) is 38.3 Å². The summed E-state index contributed by atoms with van der Waals surface area (Å²) in [7, 11) is 1.65. The number of ether oxygens (including phenoxy) is 1. The van der Waals surface area contributed by atoms with Crippen LogP contribution in [0.25, 0.3) is 6.08 Å². The van der Waals surface area contributed by atoms with Crippen molar-refractivity contribution in [3.8, 4) is 5.75 Å². The van der Waals surface area contributed by atoms with E-state index in [1.807, 2.05) is 47.9 Å². The van der Waals surface area contributed by atoms with Crippen LogP contribution in [-0.4, -0.2) is 19.6 Å². The van der Waals surface area contributed by atoms with Crippen LogP contribution in [0.4, 0.5) is 0 Å². The van der Waals surface area contributed by atoms with Crippen molar-refractivity contribution < 1.29 is 9.53 Å². The third kappa shape index (κ3) is 4.55. The van der Waals surface area contributed by atoms with E-state index in [2.05, 4.69) is 5.32 Å². The van der Waals surface area contributed by atoms with E-state index in [9.17, 15) is 4.79 Å². The molecule has 0 aliphatic rings. The first-order valence-corrected chi connectivity index (χ1v) is 7.28. The summed E-state index contributed by atoms with van der Waals surface area (Å²) >= 11 is 1.61. The molecule has 0 saturated heterocycles. The zero-order valence-electron chi connectivity index (χ0n) is 11.3. The maximum atomic E-state index is 11.6. The normalized spacial score (nSPS) is 10.7. The second kappa shape index (κ2) is 7.50. The Hall–Kier alpha value is -2.07. The van der Waals surface area contributed by atoms with Crippen LogP contribution in [0.5, 0.6) is 5.75 Å². The average Bonchev–Trinajstić information content (AvgIpc) is 2.99. The van der Waals surface area contributed by atoms with E-state index in [4.69, 9.17) is 4.74 Å². The van der Waals surface area contributed by atoms with Gasteiger partial charge in [-0.2, -0.15) is 0 Å². The Morgan fingerprint density at radius 1 is 1.30 bits per heavy atom. The number of methoxy groups -OCH3 is 1. The first-order valence-electron chi connectivity index (χ1n) is 6.40. The summed E-state index contributed by atoms with van der Waals surface area (Å²) in [5.41, 5.74) is 1.17. The lowest BCUT2D eigenvalue weighted by Crippen LogP contribution is -2.23. The Bertz CT molecular complexity index is 559. The highest BCUT2D eigenvalue weighted by Gasteiger charge is 1.97. The lowest BCUT2D eigenvalue weighted by atomic mass is 10.1. The van der Waals surface area contributed by atoms with E-state index in [1.165, 1.54) is 5.56 Å². The largest absolute Gasteiger partial charge is 0.497 e. The SMILES string of the molecule is COc1ccc(CCNC(=O)C=Cc2cccs2)cc1. The number of hydrogen-bond donors (Lipinski definition) is 1. The lowest BCUT2D eigenvalue weighted by Gasteiger charge is -2.04. The maximum Gasteiger partial charge on any atom is 0.244 e. The second-order valence-corrected chi connectivity index (χ2v) is 5.22. The number of benzene rings is 1. The fraction of sp³-hybridized carbons (Fsp3) is 0.188. The van der Waals surface area contributed by atoms with Crippen molar-refractivity contribution in [2.45, 2.75) is 6.42 Å². The van der Waals surface area contributed by atoms with Gasteiger partial charge in [-0.25, -0.2) is 0 Å². The molecule has 0 aliphatic carbocycles. The molecule has 20 heavy (non-hydrogen) atoms. The molecule has 104 valence electrons. The van der Waals surface area contributed by atoms with E-state index in [-0.39, 0.29) is 5.91 Å². The van der Waals surface area contributed by atoms with Gasteiger partial charge in [0.1, 0.15) is 5.75 Å². The van der Waals surface area contributed by atoms with E-state index in [1.54, 1.807) is 24.5 Å². The Morgan fingerprint density at radius 3 is 2.75 bits per heavy atom. The van der Waals surface area contributed by atoms with Gasteiger partial charge in [-0.3, -0.25) is 4.79 Å². The number of rotatable bonds is 6. The van der Waals surface area contributed by atoms with Crippen LogP contribution in [-0.2, 0) is 11.2 Å². The van der Waals surface area contributed by atoms with E-state index in [0.29, 0.717) is 6.54 Å². The summed E-state index contributed by atoms with van der Waals surface area (Å²) in [6, 6.07) is 11.8. The third-order valence-electron chi connectivity index (χ3n) is 2.81. The minimum atomic E-state index is -0.0630. The molecule has 0 spiro atoms. The highest BCUT2D eigenvalue weighted by atomic mass is 32.1. The van der Waals surface area contributed by atoms with Crippen LogP contribution in [0.2, 0.25) is 0 Å². The van der Waals surface area contributed by atoms with Crippen molar-refractivity contribution in [3.63, 3.8) is 0 Å². The number of hydrogen-bond acceptors (Lipinski definition) is 3. The molecular weight excluding hydrogens is 270 g/mol. The number of carbonyl (C=O) groups is 1. The Balaban J connectivity index is 1.73. The molecule has 0 bridgehead atoms. The van der Waals surface area contributed by atoms with Crippen LogP contribution in [0.15, 0.2) is 47.9 Å². The Kier molecular flexibility index (Phi) is 5.38. The number of carbonyl (C=O) groups excluding carboxylic acids is 1. The molecule has 4 heteroatoms. The van der Waals surface area contributed by atoms with Gasteiger partial charge in [0, 0.05) is 17.5 Å². The fourth-order valence-electron chi connectivity index (χ4n) is 1.73. The van der Waals surface area contributed by atoms with Crippen molar-refractivity contribution in [1.29, 1.82) is 0 Å². The third-order valence-corrected chi connectivity index (χ3v) is 3.65. The van der Waals surface area contributed by atoms with Crippen LogP contribution < -0.4 is 10.1 Å². The van der Waals surface area contributed by atoms with Crippen LogP contribution in [0.1, 0.15) is 10.4 Å². The molecular formula is C16H17NO2S. The zero-order valence-corrected chi connectivity index (χ0v) is 12.2. The molecule has 1 heterocycles. The molecule has 0 unspecified atom stereocenters.